The number of esters is 1. The van der Waals surface area contributed by atoms with Crippen molar-refractivity contribution in [3.8, 4) is 0 Å². The Morgan fingerprint density at radius 2 is 2.00 bits per heavy atom. The molecule has 2 rings (SSSR count). The number of aryl methyl sites for hydroxylation is 1. The highest BCUT2D eigenvalue weighted by Gasteiger charge is 2.32. The molecular formula is C18H32N4O2. The first-order chi connectivity index (χ1) is 11.2. The van der Waals surface area contributed by atoms with Crippen molar-refractivity contribution in [1.29, 1.82) is 0 Å². The molecule has 1 saturated carbocycles. The molecule has 2 N–H and O–H groups in total. The van der Waals surface area contributed by atoms with Crippen molar-refractivity contribution in [1.82, 2.24) is 14.8 Å². The van der Waals surface area contributed by atoms with E-state index in [9.17, 15) is 4.79 Å². The largest absolute Gasteiger partial charge is 0.460 e. The van der Waals surface area contributed by atoms with E-state index in [1.165, 1.54) is 6.42 Å². The summed E-state index contributed by atoms with van der Waals surface area (Å²) in [7, 11) is 0. The normalized spacial score (nSPS) is 16.5. The first kappa shape index (κ1) is 18.9. The number of rotatable bonds is 8. The maximum absolute atomic E-state index is 12.0. The van der Waals surface area contributed by atoms with Gasteiger partial charge in [0.05, 0.1) is 12.5 Å². The molecule has 1 aromatic heterocycles. The number of carbonyl (C=O) groups excluding carboxylic acids is 1. The van der Waals surface area contributed by atoms with Crippen LogP contribution in [0.25, 0.3) is 0 Å². The number of nitrogens with two attached hydrogens (primary N) is 1. The second-order valence-electron chi connectivity index (χ2n) is 8.26. The van der Waals surface area contributed by atoms with Gasteiger partial charge in [0.15, 0.2) is 5.82 Å². The van der Waals surface area contributed by atoms with E-state index in [4.69, 9.17) is 10.5 Å². The topological polar surface area (TPSA) is 83.0 Å². The maximum Gasteiger partial charge on any atom is 0.308 e. The van der Waals surface area contributed by atoms with Gasteiger partial charge in [-0.1, -0.05) is 20.3 Å². The Morgan fingerprint density at radius 1 is 1.33 bits per heavy atom. The molecule has 0 aromatic carbocycles. The van der Waals surface area contributed by atoms with Crippen molar-refractivity contribution in [3.63, 3.8) is 0 Å². The van der Waals surface area contributed by atoms with Crippen molar-refractivity contribution in [2.75, 3.05) is 0 Å². The molecule has 1 fully saturated rings. The predicted octanol–water partition coefficient (Wildman–Crippen LogP) is 3.32. The summed E-state index contributed by atoms with van der Waals surface area (Å²) >= 11 is 0. The molecule has 1 atom stereocenters. The van der Waals surface area contributed by atoms with Crippen LogP contribution in [0, 0.1) is 5.92 Å². The Bertz CT molecular complexity index is 556. The monoisotopic (exact) mass is 336 g/mol. The molecule has 0 unspecified atom stereocenters. The van der Waals surface area contributed by atoms with E-state index in [1.807, 2.05) is 20.8 Å². The van der Waals surface area contributed by atoms with Crippen LogP contribution in [-0.2, 0) is 16.0 Å². The Balaban J connectivity index is 2.03. The van der Waals surface area contributed by atoms with E-state index in [1.54, 1.807) is 0 Å². The average molecular weight is 336 g/mol. The highest BCUT2D eigenvalue weighted by molar-refractivity contribution is 5.70. The summed E-state index contributed by atoms with van der Waals surface area (Å²) in [5, 5.41) is 8.66. The van der Waals surface area contributed by atoms with Crippen molar-refractivity contribution < 1.29 is 9.53 Å². The van der Waals surface area contributed by atoms with Crippen LogP contribution in [0.3, 0.4) is 0 Å². The summed E-state index contributed by atoms with van der Waals surface area (Å²) in [4.78, 5) is 12.0. The molecule has 0 bridgehead atoms. The molecule has 1 aliphatic rings. The zero-order valence-corrected chi connectivity index (χ0v) is 15.7. The summed E-state index contributed by atoms with van der Waals surface area (Å²) in [5.41, 5.74) is 5.75. The Hall–Kier alpha value is -1.43. The minimum Gasteiger partial charge on any atom is -0.460 e. The van der Waals surface area contributed by atoms with Gasteiger partial charge in [-0.05, 0) is 46.0 Å². The Kier molecular flexibility index (Phi) is 6.01. The van der Waals surface area contributed by atoms with Crippen LogP contribution in [0.4, 0.5) is 0 Å². The Morgan fingerprint density at radius 3 is 2.54 bits per heavy atom. The summed E-state index contributed by atoms with van der Waals surface area (Å²) < 4.78 is 7.54. The van der Waals surface area contributed by atoms with E-state index >= 15 is 0 Å². The molecule has 1 aromatic rings. The molecule has 0 radical (unpaired) electrons. The van der Waals surface area contributed by atoms with Crippen LogP contribution in [0.5, 0.6) is 0 Å². The van der Waals surface area contributed by atoms with E-state index in [0.717, 1.165) is 37.3 Å². The number of carbonyl (C=O) groups is 1. The predicted molar refractivity (Wildman–Crippen MR) is 93.5 cm³/mol. The first-order valence-electron chi connectivity index (χ1n) is 9.08. The van der Waals surface area contributed by atoms with E-state index in [0.29, 0.717) is 12.0 Å². The first-order valence-corrected chi connectivity index (χ1v) is 9.08. The molecule has 0 saturated heterocycles. The third-order valence-electron chi connectivity index (χ3n) is 4.02. The zero-order chi connectivity index (χ0) is 17.9. The van der Waals surface area contributed by atoms with Gasteiger partial charge in [-0.25, -0.2) is 0 Å². The van der Waals surface area contributed by atoms with Crippen molar-refractivity contribution in [2.45, 2.75) is 90.8 Å². The van der Waals surface area contributed by atoms with Gasteiger partial charge >= 0.3 is 5.97 Å². The van der Waals surface area contributed by atoms with Gasteiger partial charge in [0, 0.05) is 12.5 Å². The van der Waals surface area contributed by atoms with Crippen molar-refractivity contribution >= 4 is 5.97 Å². The lowest BCUT2D eigenvalue weighted by molar-refractivity contribution is -0.155. The quantitative estimate of drug-likeness (QED) is 0.736. The van der Waals surface area contributed by atoms with Crippen LogP contribution >= 0.6 is 0 Å². The minimum atomic E-state index is -0.497. The lowest BCUT2D eigenvalue weighted by Gasteiger charge is -2.21. The number of aromatic nitrogens is 3. The molecule has 1 heterocycles. The van der Waals surface area contributed by atoms with Crippen molar-refractivity contribution in [2.24, 2.45) is 11.7 Å². The molecule has 6 heteroatoms. The number of hydrogen-bond acceptors (Lipinski definition) is 5. The molecule has 0 amide bonds. The van der Waals surface area contributed by atoms with E-state index in [-0.39, 0.29) is 12.4 Å². The van der Waals surface area contributed by atoms with Crippen LogP contribution in [0.2, 0.25) is 0 Å². The zero-order valence-electron chi connectivity index (χ0n) is 15.7. The molecule has 24 heavy (non-hydrogen) atoms. The van der Waals surface area contributed by atoms with E-state index < -0.39 is 11.6 Å². The number of hydrogen-bond donors (Lipinski definition) is 1. The van der Waals surface area contributed by atoms with E-state index in [2.05, 4.69) is 28.6 Å². The lowest BCUT2D eigenvalue weighted by atomic mass is 10.1. The highest BCUT2D eigenvalue weighted by atomic mass is 16.6. The fraction of sp³-hybridized carbons (Fsp3) is 0.833. The smallest absolute Gasteiger partial charge is 0.308 e. The molecule has 1 aliphatic carbocycles. The van der Waals surface area contributed by atoms with Gasteiger partial charge in [-0.15, -0.1) is 10.2 Å². The second kappa shape index (κ2) is 7.64. The summed E-state index contributed by atoms with van der Waals surface area (Å²) in [6, 6.07) is -0.0134. The van der Waals surface area contributed by atoms with Crippen molar-refractivity contribution in [3.05, 3.63) is 11.6 Å². The third kappa shape index (κ3) is 5.58. The third-order valence-corrected chi connectivity index (χ3v) is 4.02. The van der Waals surface area contributed by atoms with Gasteiger partial charge in [0.25, 0.3) is 0 Å². The van der Waals surface area contributed by atoms with Crippen LogP contribution < -0.4 is 5.73 Å². The summed E-state index contributed by atoms with van der Waals surface area (Å²) in [6.07, 6.45) is 5.61. The minimum absolute atomic E-state index is 0.133. The fourth-order valence-corrected chi connectivity index (χ4v) is 2.81. The SMILES string of the molecule is CC(C)CCCc1nnc([C@@H](N)CC(=O)OC(C)(C)C)n1C1CC1. The summed E-state index contributed by atoms with van der Waals surface area (Å²) in [5.74, 6) is 2.13. The lowest BCUT2D eigenvalue weighted by Crippen LogP contribution is -2.27. The van der Waals surface area contributed by atoms with Crippen LogP contribution in [-0.4, -0.2) is 26.3 Å². The van der Waals surface area contributed by atoms with Crippen LogP contribution in [0.15, 0.2) is 0 Å². The van der Waals surface area contributed by atoms with Gasteiger partial charge in [-0.3, -0.25) is 4.79 Å². The molecule has 0 spiro atoms. The molecule has 6 nitrogen and oxygen atoms in total. The maximum atomic E-state index is 12.0. The van der Waals surface area contributed by atoms with Gasteiger partial charge in [0.1, 0.15) is 11.4 Å². The number of nitrogens with zero attached hydrogens (tertiary/aromatic N) is 3. The standard InChI is InChI=1S/C18H32N4O2/c1-12(2)7-6-8-15-20-21-17(22(15)13-9-10-13)14(19)11-16(23)24-18(3,4)5/h12-14H,6-11,19H2,1-5H3/t14-/m0/s1. The molecule has 136 valence electrons. The second-order valence-corrected chi connectivity index (χ2v) is 8.26. The average Bonchev–Trinajstić information content (AvgIpc) is 3.16. The van der Waals surface area contributed by atoms with Gasteiger partial charge in [0.2, 0.25) is 0 Å². The molecule has 0 aliphatic heterocycles. The highest BCUT2D eigenvalue weighted by Crippen LogP contribution is 2.38. The summed E-state index contributed by atoms with van der Waals surface area (Å²) in [6.45, 7) is 10.0. The fourth-order valence-electron chi connectivity index (χ4n) is 2.81. The Labute approximate surface area is 145 Å². The van der Waals surface area contributed by atoms with Gasteiger partial charge in [-0.2, -0.15) is 0 Å². The van der Waals surface area contributed by atoms with Crippen LogP contribution in [0.1, 0.15) is 90.5 Å². The molecular weight excluding hydrogens is 304 g/mol. The number of ether oxygens (including phenoxy) is 1. The van der Waals surface area contributed by atoms with Gasteiger partial charge < -0.3 is 15.0 Å².